The monoisotopic (exact) mass is 255 g/mol. The Hall–Kier alpha value is -0.370. The zero-order valence-electron chi connectivity index (χ0n) is 8.80. The maximum atomic E-state index is 4.11. The molecule has 0 aliphatic carbocycles. The predicted molar refractivity (Wildman–Crippen MR) is 64.4 cm³/mol. The third-order valence-corrected chi connectivity index (χ3v) is 2.79. The largest absolute Gasteiger partial charge is 0.249 e. The summed E-state index contributed by atoms with van der Waals surface area (Å²) >= 11 is 3.38. The van der Waals surface area contributed by atoms with E-state index in [-0.39, 0.29) is 0 Å². The molecule has 0 aromatic carbocycles. The van der Waals surface area contributed by atoms with Gasteiger partial charge in [-0.1, -0.05) is 32.6 Å². The van der Waals surface area contributed by atoms with Gasteiger partial charge in [0.2, 0.25) is 0 Å². The second-order valence-corrected chi connectivity index (χ2v) is 4.46. The molecular weight excluding hydrogens is 238 g/mol. The van der Waals surface area contributed by atoms with Crippen molar-refractivity contribution in [1.29, 1.82) is 0 Å². The summed E-state index contributed by atoms with van der Waals surface area (Å²) in [6, 6.07) is 4.21. The minimum absolute atomic E-state index is 0.948. The fourth-order valence-electron chi connectivity index (χ4n) is 1.53. The topological polar surface area (TPSA) is 12.9 Å². The van der Waals surface area contributed by atoms with Crippen molar-refractivity contribution in [2.45, 2.75) is 45.4 Å². The zero-order valence-corrected chi connectivity index (χ0v) is 10.4. The summed E-state index contributed by atoms with van der Waals surface area (Å²) in [6.45, 7) is 2.25. The van der Waals surface area contributed by atoms with Crippen LogP contribution in [0.5, 0.6) is 0 Å². The molecule has 0 aliphatic heterocycles. The highest BCUT2D eigenvalue weighted by Crippen LogP contribution is 2.12. The molecule has 0 fully saturated rings. The van der Waals surface area contributed by atoms with Gasteiger partial charge >= 0.3 is 0 Å². The molecule has 1 nitrogen and oxygen atoms in total. The second-order valence-electron chi connectivity index (χ2n) is 3.65. The number of aryl methyl sites for hydroxylation is 1. The van der Waals surface area contributed by atoms with Crippen molar-refractivity contribution in [3.05, 3.63) is 28.5 Å². The molecule has 1 heterocycles. The van der Waals surface area contributed by atoms with E-state index >= 15 is 0 Å². The van der Waals surface area contributed by atoms with E-state index < -0.39 is 0 Å². The molecule has 0 saturated heterocycles. The van der Waals surface area contributed by atoms with Gasteiger partial charge in [0, 0.05) is 6.20 Å². The molecular formula is C12H18BrN. The van der Waals surface area contributed by atoms with E-state index in [0.717, 1.165) is 4.60 Å². The molecule has 14 heavy (non-hydrogen) atoms. The highest BCUT2D eigenvalue weighted by Gasteiger charge is 1.95. The first-order chi connectivity index (χ1) is 6.83. The number of rotatable bonds is 6. The smallest absolute Gasteiger partial charge is 0.106 e. The maximum Gasteiger partial charge on any atom is 0.106 e. The Morgan fingerprint density at radius 2 is 2.00 bits per heavy atom. The van der Waals surface area contributed by atoms with Crippen LogP contribution in [0.15, 0.2) is 22.9 Å². The maximum absolute atomic E-state index is 4.11. The van der Waals surface area contributed by atoms with Crippen molar-refractivity contribution >= 4 is 15.9 Å². The Morgan fingerprint density at radius 3 is 2.71 bits per heavy atom. The number of unbranched alkanes of at least 4 members (excludes halogenated alkanes) is 4. The Morgan fingerprint density at radius 1 is 1.21 bits per heavy atom. The molecule has 0 bridgehead atoms. The standard InChI is InChI=1S/C12H18BrN/c1-2-3-4-5-6-7-11-8-9-14-12(13)10-11/h8-10H,2-7H2,1H3. The zero-order chi connectivity index (χ0) is 10.2. The second kappa shape index (κ2) is 6.99. The number of halogens is 1. The molecule has 0 unspecified atom stereocenters. The van der Waals surface area contributed by atoms with Crippen molar-refractivity contribution < 1.29 is 0 Å². The molecule has 0 radical (unpaired) electrons. The first kappa shape index (κ1) is 11.7. The van der Waals surface area contributed by atoms with Crippen LogP contribution in [0, 0.1) is 0 Å². The van der Waals surface area contributed by atoms with Gasteiger partial charge in [-0.15, -0.1) is 0 Å². The SMILES string of the molecule is CCCCCCCc1ccnc(Br)c1. The molecule has 1 aromatic rings. The van der Waals surface area contributed by atoms with Crippen LogP contribution in [0.4, 0.5) is 0 Å². The average molecular weight is 256 g/mol. The van der Waals surface area contributed by atoms with Gasteiger partial charge in [0.05, 0.1) is 0 Å². The van der Waals surface area contributed by atoms with Crippen LogP contribution in [0.1, 0.15) is 44.6 Å². The van der Waals surface area contributed by atoms with Gasteiger partial charge in [-0.3, -0.25) is 0 Å². The van der Waals surface area contributed by atoms with E-state index in [1.165, 1.54) is 44.1 Å². The first-order valence-corrected chi connectivity index (χ1v) is 6.22. The highest BCUT2D eigenvalue weighted by atomic mass is 79.9. The van der Waals surface area contributed by atoms with Gasteiger partial charge < -0.3 is 0 Å². The first-order valence-electron chi connectivity index (χ1n) is 5.43. The van der Waals surface area contributed by atoms with Crippen molar-refractivity contribution in [2.24, 2.45) is 0 Å². The molecule has 0 saturated carbocycles. The van der Waals surface area contributed by atoms with E-state index in [9.17, 15) is 0 Å². The van der Waals surface area contributed by atoms with Crippen molar-refractivity contribution in [1.82, 2.24) is 4.98 Å². The minimum atomic E-state index is 0.948. The summed E-state index contributed by atoms with van der Waals surface area (Å²) in [5.74, 6) is 0. The number of hydrogen-bond acceptors (Lipinski definition) is 1. The van der Waals surface area contributed by atoms with Crippen LogP contribution >= 0.6 is 15.9 Å². The molecule has 0 N–H and O–H groups in total. The Bertz CT molecular complexity index is 260. The van der Waals surface area contributed by atoms with Crippen molar-refractivity contribution in [3.8, 4) is 0 Å². The molecule has 78 valence electrons. The number of nitrogens with zero attached hydrogens (tertiary/aromatic N) is 1. The lowest BCUT2D eigenvalue weighted by molar-refractivity contribution is 0.632. The average Bonchev–Trinajstić information content (AvgIpc) is 2.18. The Labute approximate surface area is 95.1 Å². The van der Waals surface area contributed by atoms with Crippen LogP contribution < -0.4 is 0 Å². The summed E-state index contributed by atoms with van der Waals surface area (Å²) in [5, 5.41) is 0. The summed E-state index contributed by atoms with van der Waals surface area (Å²) in [4.78, 5) is 4.11. The minimum Gasteiger partial charge on any atom is -0.249 e. The number of hydrogen-bond donors (Lipinski definition) is 0. The molecule has 0 aliphatic rings. The van der Waals surface area contributed by atoms with Crippen LogP contribution in [0.25, 0.3) is 0 Å². The van der Waals surface area contributed by atoms with Gasteiger partial charge in [-0.2, -0.15) is 0 Å². The van der Waals surface area contributed by atoms with Crippen LogP contribution in [-0.2, 0) is 6.42 Å². The fourth-order valence-corrected chi connectivity index (χ4v) is 1.94. The van der Waals surface area contributed by atoms with E-state index in [1.54, 1.807) is 0 Å². The van der Waals surface area contributed by atoms with Crippen LogP contribution in [-0.4, -0.2) is 4.98 Å². The van der Waals surface area contributed by atoms with Gasteiger partial charge in [0.25, 0.3) is 0 Å². The quantitative estimate of drug-likeness (QED) is 0.544. The number of pyridine rings is 1. The summed E-state index contributed by atoms with van der Waals surface area (Å²) in [5.41, 5.74) is 1.39. The normalized spacial score (nSPS) is 10.4. The van der Waals surface area contributed by atoms with Gasteiger partial charge in [0.15, 0.2) is 0 Å². The Balaban J connectivity index is 2.18. The summed E-state index contributed by atoms with van der Waals surface area (Å²) < 4.78 is 0.948. The lowest BCUT2D eigenvalue weighted by atomic mass is 10.1. The van der Waals surface area contributed by atoms with Crippen molar-refractivity contribution in [2.75, 3.05) is 0 Å². The summed E-state index contributed by atoms with van der Waals surface area (Å²) in [6.07, 6.45) is 9.78. The molecule has 0 amide bonds. The van der Waals surface area contributed by atoms with Gasteiger partial charge in [-0.25, -0.2) is 4.98 Å². The van der Waals surface area contributed by atoms with E-state index in [2.05, 4.69) is 40.0 Å². The number of aromatic nitrogens is 1. The predicted octanol–water partition coefficient (Wildman–Crippen LogP) is 4.36. The van der Waals surface area contributed by atoms with E-state index in [1.807, 2.05) is 6.20 Å². The molecule has 1 aromatic heterocycles. The van der Waals surface area contributed by atoms with Gasteiger partial charge in [-0.05, 0) is 46.5 Å². The van der Waals surface area contributed by atoms with Crippen LogP contribution in [0.2, 0.25) is 0 Å². The van der Waals surface area contributed by atoms with Crippen LogP contribution in [0.3, 0.4) is 0 Å². The van der Waals surface area contributed by atoms with E-state index in [4.69, 9.17) is 0 Å². The molecule has 0 atom stereocenters. The fraction of sp³-hybridized carbons (Fsp3) is 0.583. The van der Waals surface area contributed by atoms with Gasteiger partial charge in [0.1, 0.15) is 4.60 Å². The summed E-state index contributed by atoms with van der Waals surface area (Å²) in [7, 11) is 0. The lowest BCUT2D eigenvalue weighted by Crippen LogP contribution is -1.87. The van der Waals surface area contributed by atoms with E-state index in [0.29, 0.717) is 0 Å². The third-order valence-electron chi connectivity index (χ3n) is 2.36. The lowest BCUT2D eigenvalue weighted by Gasteiger charge is -2.01. The Kier molecular flexibility index (Phi) is 5.85. The van der Waals surface area contributed by atoms with Crippen molar-refractivity contribution in [3.63, 3.8) is 0 Å². The third kappa shape index (κ3) is 4.75. The highest BCUT2D eigenvalue weighted by molar-refractivity contribution is 9.10. The molecule has 1 rings (SSSR count). The molecule has 0 spiro atoms. The molecule has 2 heteroatoms.